The molecule has 3 aliphatic heterocycles. The van der Waals surface area contributed by atoms with Gasteiger partial charge in [0.15, 0.2) is 0 Å². The van der Waals surface area contributed by atoms with E-state index in [9.17, 15) is 19.2 Å². The van der Waals surface area contributed by atoms with Gasteiger partial charge in [-0.25, -0.2) is 19.6 Å². The second-order valence-electron chi connectivity index (χ2n) is 19.1. The van der Waals surface area contributed by atoms with Gasteiger partial charge in [0.1, 0.15) is 47.3 Å². The van der Waals surface area contributed by atoms with E-state index in [1.807, 2.05) is 61.9 Å². The molecule has 0 bridgehead atoms. The number of alkyl carbamates (subject to hydrolysis) is 2. The molecular weight excluding hydrogens is 813 g/mol. The summed E-state index contributed by atoms with van der Waals surface area (Å²) < 4.78 is 16.3. The van der Waals surface area contributed by atoms with Crippen LogP contribution in [-0.2, 0) is 24.5 Å². The third kappa shape index (κ3) is 8.04. The summed E-state index contributed by atoms with van der Waals surface area (Å²) in [6.07, 6.45) is 11.1. The fourth-order valence-electron chi connectivity index (χ4n) is 9.46. The number of amides is 4. The van der Waals surface area contributed by atoms with Gasteiger partial charge in [0.25, 0.3) is 0 Å². The van der Waals surface area contributed by atoms with Gasteiger partial charge in [-0.2, -0.15) is 0 Å². The van der Waals surface area contributed by atoms with E-state index in [1.165, 1.54) is 25.4 Å². The summed E-state index contributed by atoms with van der Waals surface area (Å²) in [6.45, 7) is 13.0. The highest BCUT2D eigenvalue weighted by Crippen LogP contribution is 2.50. The lowest BCUT2D eigenvalue weighted by Gasteiger charge is -2.35. The molecule has 64 heavy (non-hydrogen) atoms. The van der Waals surface area contributed by atoms with E-state index in [0.29, 0.717) is 36.6 Å². The van der Waals surface area contributed by atoms with Gasteiger partial charge < -0.3 is 44.6 Å². The minimum atomic E-state index is -0.743. The lowest BCUT2D eigenvalue weighted by molar-refractivity contribution is -0.135. The fraction of sp³-hybridized carbons (Fsp3) is 0.469. The molecular formula is C49H58N8O7. The van der Waals surface area contributed by atoms with Crippen molar-refractivity contribution < 1.29 is 33.4 Å². The number of carbonyl (C=O) groups is 4. The van der Waals surface area contributed by atoms with Crippen LogP contribution < -0.4 is 15.4 Å². The van der Waals surface area contributed by atoms with Gasteiger partial charge in [-0.1, -0.05) is 65.8 Å². The standard InChI is InChI=1S/C49H58N8O7/c1-25(2)41(54-47(60)62-7)45(58)56-23-31(27-9-10-27)18-37(56)43-50-21-35(52-43)29-14-16-39-34(17-29)49(5,6)33-15-13-30(20-40(33)64-39)36-22-51-44(53-36)38-19-32(28-11-12-28)24-57(38)46(59)42(26(3)4)55-48(61)63-8/h13-22,25-28,37-38,41-42H,9-12,23-24H2,1-8H3,(H,50,52)(H,51,53)(H,54,60)(H,55,61). The van der Waals surface area contributed by atoms with Gasteiger partial charge >= 0.3 is 12.2 Å². The van der Waals surface area contributed by atoms with Crippen LogP contribution in [0.2, 0.25) is 0 Å². The number of aromatic amines is 2. The fourth-order valence-corrected chi connectivity index (χ4v) is 9.46. The Kier molecular flexibility index (Phi) is 11.1. The lowest BCUT2D eigenvalue weighted by atomic mass is 9.75. The molecule has 4 amide bonds. The molecule has 4 atom stereocenters. The largest absolute Gasteiger partial charge is 0.457 e. The Balaban J connectivity index is 0.948. The topological polar surface area (TPSA) is 184 Å². The van der Waals surface area contributed by atoms with E-state index < -0.39 is 41.8 Å². The molecule has 4 aromatic rings. The number of ether oxygens (including phenoxy) is 3. The van der Waals surface area contributed by atoms with E-state index >= 15 is 0 Å². The number of rotatable bonds is 12. The molecule has 4 unspecified atom stereocenters. The molecule has 2 aromatic heterocycles. The first-order valence-corrected chi connectivity index (χ1v) is 22.4. The van der Waals surface area contributed by atoms with Crippen LogP contribution in [0.25, 0.3) is 22.5 Å². The molecule has 5 heterocycles. The van der Waals surface area contributed by atoms with Crippen LogP contribution in [0.3, 0.4) is 0 Å². The van der Waals surface area contributed by atoms with Gasteiger partial charge in [0.2, 0.25) is 11.8 Å². The molecule has 2 fully saturated rings. The van der Waals surface area contributed by atoms with E-state index in [4.69, 9.17) is 24.2 Å². The molecule has 336 valence electrons. The molecule has 15 heteroatoms. The highest BCUT2D eigenvalue weighted by Gasteiger charge is 2.43. The van der Waals surface area contributed by atoms with Crippen molar-refractivity contribution >= 4 is 24.0 Å². The third-order valence-electron chi connectivity index (χ3n) is 13.6. The number of benzene rings is 2. The molecule has 5 aliphatic rings. The van der Waals surface area contributed by atoms with Crippen LogP contribution in [0.5, 0.6) is 11.5 Å². The number of hydrogen-bond acceptors (Lipinski definition) is 9. The summed E-state index contributed by atoms with van der Waals surface area (Å²) in [5.41, 5.74) is 7.55. The van der Waals surface area contributed by atoms with Crippen molar-refractivity contribution in [3.05, 3.63) is 94.9 Å². The van der Waals surface area contributed by atoms with Crippen LogP contribution in [0.4, 0.5) is 9.59 Å². The summed E-state index contributed by atoms with van der Waals surface area (Å²) >= 11 is 0. The number of imidazole rings is 2. The maximum atomic E-state index is 14.1. The van der Waals surface area contributed by atoms with Crippen LogP contribution in [0, 0.1) is 23.7 Å². The average molecular weight is 871 g/mol. The van der Waals surface area contributed by atoms with E-state index in [0.717, 1.165) is 70.8 Å². The quantitative estimate of drug-likeness (QED) is 0.102. The normalized spacial score (nSPS) is 20.8. The number of hydrogen-bond donors (Lipinski definition) is 4. The van der Waals surface area contributed by atoms with Crippen molar-refractivity contribution in [2.45, 2.75) is 96.8 Å². The first kappa shape index (κ1) is 42.9. The van der Waals surface area contributed by atoms with E-state index in [-0.39, 0.29) is 23.7 Å². The van der Waals surface area contributed by atoms with Gasteiger partial charge in [0.05, 0.1) is 38.0 Å². The second-order valence-corrected chi connectivity index (χ2v) is 19.1. The number of methoxy groups -OCH3 is 2. The summed E-state index contributed by atoms with van der Waals surface area (Å²) in [4.78, 5) is 72.8. The average Bonchev–Trinajstić information content (AvgIpc) is 4.06. The smallest absolute Gasteiger partial charge is 0.407 e. The monoisotopic (exact) mass is 870 g/mol. The number of aromatic nitrogens is 4. The number of H-pyrrole nitrogens is 2. The number of fused-ring (bicyclic) bond motifs is 2. The Labute approximate surface area is 373 Å². The van der Waals surface area contributed by atoms with Crippen LogP contribution in [0.15, 0.2) is 72.1 Å². The van der Waals surface area contributed by atoms with Crippen molar-refractivity contribution in [2.75, 3.05) is 27.3 Å². The third-order valence-corrected chi connectivity index (χ3v) is 13.6. The summed E-state index contributed by atoms with van der Waals surface area (Å²) in [6, 6.07) is 10.1. The van der Waals surface area contributed by atoms with Crippen molar-refractivity contribution in [3.8, 4) is 34.0 Å². The molecule has 4 N–H and O–H groups in total. The minimum Gasteiger partial charge on any atom is -0.457 e. The zero-order valence-corrected chi connectivity index (χ0v) is 37.8. The Morgan fingerprint density at radius 3 is 1.61 bits per heavy atom. The predicted octanol–water partition coefficient (Wildman–Crippen LogP) is 8.10. The van der Waals surface area contributed by atoms with Crippen LogP contribution in [0.1, 0.15) is 102 Å². The molecule has 2 aromatic carbocycles. The van der Waals surface area contributed by atoms with Crippen molar-refractivity contribution in [2.24, 2.45) is 23.7 Å². The zero-order chi connectivity index (χ0) is 45.2. The van der Waals surface area contributed by atoms with Crippen molar-refractivity contribution in [1.29, 1.82) is 0 Å². The second kappa shape index (κ2) is 16.6. The van der Waals surface area contributed by atoms with Gasteiger partial charge in [-0.3, -0.25) is 9.59 Å². The molecule has 15 nitrogen and oxygen atoms in total. The Morgan fingerprint density at radius 2 is 1.16 bits per heavy atom. The van der Waals surface area contributed by atoms with Gasteiger partial charge in [0, 0.05) is 40.8 Å². The van der Waals surface area contributed by atoms with E-state index in [2.05, 4.69) is 64.8 Å². The molecule has 2 saturated carbocycles. The van der Waals surface area contributed by atoms with Crippen LogP contribution >= 0.6 is 0 Å². The van der Waals surface area contributed by atoms with E-state index in [1.54, 1.807) is 6.20 Å². The first-order valence-electron chi connectivity index (χ1n) is 22.4. The number of carbonyl (C=O) groups excluding carboxylic acids is 4. The molecule has 2 aliphatic carbocycles. The maximum Gasteiger partial charge on any atom is 0.407 e. The number of nitrogens with one attached hydrogen (secondary N) is 4. The summed E-state index contributed by atoms with van der Waals surface area (Å²) in [5, 5.41) is 5.49. The summed E-state index contributed by atoms with van der Waals surface area (Å²) in [5.74, 6) is 3.12. The van der Waals surface area contributed by atoms with Crippen LogP contribution in [-0.4, -0.2) is 93.1 Å². The highest BCUT2D eigenvalue weighted by atomic mass is 16.5. The molecule has 0 spiro atoms. The Bertz CT molecular complexity index is 2560. The van der Waals surface area contributed by atoms with Gasteiger partial charge in [-0.15, -0.1) is 0 Å². The Hall–Kier alpha value is -6.38. The Morgan fingerprint density at radius 1 is 0.688 bits per heavy atom. The first-order chi connectivity index (χ1) is 30.6. The molecule has 9 rings (SSSR count). The maximum absolute atomic E-state index is 14.1. The summed E-state index contributed by atoms with van der Waals surface area (Å²) in [7, 11) is 2.59. The lowest BCUT2D eigenvalue weighted by Crippen LogP contribution is -2.51. The van der Waals surface area contributed by atoms with Crippen molar-refractivity contribution in [3.63, 3.8) is 0 Å². The zero-order valence-electron chi connectivity index (χ0n) is 37.8. The van der Waals surface area contributed by atoms with Gasteiger partial charge in [-0.05, 0) is 84.8 Å². The number of nitrogens with zero attached hydrogens (tertiary/aromatic N) is 4. The molecule has 0 saturated heterocycles. The minimum absolute atomic E-state index is 0.146. The van der Waals surface area contributed by atoms with Crippen molar-refractivity contribution in [1.82, 2.24) is 40.4 Å². The molecule has 0 radical (unpaired) electrons. The highest BCUT2D eigenvalue weighted by molar-refractivity contribution is 5.88. The predicted molar refractivity (Wildman–Crippen MR) is 239 cm³/mol. The SMILES string of the molecule is COC(=O)NC(C(=O)N1CC(C2CC2)=CC1c1ncc(-c2ccc3c(c2)Oc2ccc(-c4cnc(C5C=C(C6CC6)CN5C(=O)C(NC(=O)OC)C(C)C)[nH]4)cc2C3(C)C)[nH]1)C(C)C.